The van der Waals surface area contributed by atoms with Crippen molar-refractivity contribution in [1.29, 1.82) is 5.26 Å². The minimum atomic E-state index is -0.563. The highest BCUT2D eigenvalue weighted by Gasteiger charge is 2.11. The third-order valence-corrected chi connectivity index (χ3v) is 4.11. The zero-order valence-electron chi connectivity index (χ0n) is 16.5. The van der Waals surface area contributed by atoms with E-state index < -0.39 is 17.5 Å². The van der Waals surface area contributed by atoms with E-state index in [1.54, 1.807) is 6.92 Å². The van der Waals surface area contributed by atoms with Crippen LogP contribution >= 0.6 is 11.6 Å². The summed E-state index contributed by atoms with van der Waals surface area (Å²) >= 11 is 6.21. The van der Waals surface area contributed by atoms with Gasteiger partial charge in [0.1, 0.15) is 23.5 Å². The number of nitriles is 1. The van der Waals surface area contributed by atoms with E-state index in [0.29, 0.717) is 17.2 Å². The minimum absolute atomic E-state index is 0.0933. The van der Waals surface area contributed by atoms with Crippen LogP contribution in [-0.4, -0.2) is 11.7 Å². The molecule has 0 aromatic heterocycles. The smallest absolute Gasteiger partial charge is 0.247 e. The zero-order chi connectivity index (χ0) is 23.0. The van der Waals surface area contributed by atoms with Crippen LogP contribution < -0.4 is 16.0 Å². The molecule has 3 N–H and O–H groups in total. The summed E-state index contributed by atoms with van der Waals surface area (Å²) in [7, 11) is 0. The lowest BCUT2D eigenvalue weighted by Gasteiger charge is -2.15. The number of amides is 1. The van der Waals surface area contributed by atoms with E-state index in [2.05, 4.69) is 34.1 Å². The molecule has 0 spiro atoms. The van der Waals surface area contributed by atoms with Crippen molar-refractivity contribution in [2.24, 2.45) is 4.99 Å². The molecule has 2 aromatic rings. The molecule has 0 bridgehead atoms. The number of nitrogens with zero attached hydrogens (tertiary/aromatic N) is 2. The molecule has 2 rings (SSSR count). The summed E-state index contributed by atoms with van der Waals surface area (Å²) in [5.41, 5.74) is 0.889. The normalized spacial score (nSPS) is 11.6. The van der Waals surface area contributed by atoms with Crippen molar-refractivity contribution in [2.45, 2.75) is 6.92 Å². The largest absolute Gasteiger partial charge is 0.343 e. The summed E-state index contributed by atoms with van der Waals surface area (Å²) in [6.07, 6.45) is 2.38. The highest BCUT2D eigenvalue weighted by molar-refractivity contribution is 6.31. The van der Waals surface area contributed by atoms with Crippen LogP contribution in [0.15, 0.2) is 77.6 Å². The van der Waals surface area contributed by atoms with Gasteiger partial charge in [0.2, 0.25) is 5.91 Å². The summed E-state index contributed by atoms with van der Waals surface area (Å²) in [6, 6.07) is 9.30. The Hall–Kier alpha value is -3.96. The van der Waals surface area contributed by atoms with Crippen molar-refractivity contribution >= 4 is 40.4 Å². The number of halogens is 3. The Balaban J connectivity index is 2.38. The number of aliphatic imine (C=N–C) groups is 1. The second kappa shape index (κ2) is 10.7. The van der Waals surface area contributed by atoms with Crippen LogP contribution in [0.2, 0.25) is 0 Å². The number of amidine groups is 1. The molecular formula is C22H18ClF2N5O. The molecule has 1 amide bonds. The first-order chi connectivity index (χ1) is 14.8. The molecule has 158 valence electrons. The molecule has 0 aliphatic heterocycles. The molecule has 0 atom stereocenters. The van der Waals surface area contributed by atoms with Crippen LogP contribution in [0, 0.1) is 23.0 Å². The van der Waals surface area contributed by atoms with Gasteiger partial charge in [0.05, 0.1) is 27.7 Å². The number of nitrogens with one attached hydrogen (secondary N) is 3. The fraction of sp³-hybridized carbons (Fsp3) is 0.0455. The Labute approximate surface area is 183 Å². The van der Waals surface area contributed by atoms with Crippen molar-refractivity contribution in [1.82, 2.24) is 0 Å². The van der Waals surface area contributed by atoms with E-state index in [-0.39, 0.29) is 22.1 Å². The summed E-state index contributed by atoms with van der Waals surface area (Å²) in [5, 5.41) is 17.6. The van der Waals surface area contributed by atoms with Crippen molar-refractivity contribution in [3.8, 4) is 6.07 Å². The van der Waals surface area contributed by atoms with Crippen LogP contribution in [0.3, 0.4) is 0 Å². The van der Waals surface area contributed by atoms with Gasteiger partial charge in [-0.3, -0.25) is 4.79 Å². The van der Waals surface area contributed by atoms with Crippen molar-refractivity contribution in [3.05, 3.63) is 89.8 Å². The van der Waals surface area contributed by atoms with Gasteiger partial charge in [-0.2, -0.15) is 5.26 Å². The van der Waals surface area contributed by atoms with Gasteiger partial charge < -0.3 is 16.0 Å². The lowest BCUT2D eigenvalue weighted by atomic mass is 10.2. The van der Waals surface area contributed by atoms with E-state index >= 15 is 0 Å². The van der Waals surface area contributed by atoms with Gasteiger partial charge in [-0.25, -0.2) is 13.8 Å². The average Bonchev–Trinajstić information content (AvgIpc) is 2.75. The van der Waals surface area contributed by atoms with Gasteiger partial charge in [0.15, 0.2) is 5.82 Å². The third-order valence-electron chi connectivity index (χ3n) is 3.78. The molecule has 31 heavy (non-hydrogen) atoms. The monoisotopic (exact) mass is 441 g/mol. The number of hydrogen-bond donors (Lipinski definition) is 3. The molecule has 0 fully saturated rings. The van der Waals surface area contributed by atoms with Crippen LogP contribution in [0.1, 0.15) is 12.5 Å². The van der Waals surface area contributed by atoms with Gasteiger partial charge >= 0.3 is 0 Å². The molecule has 9 heteroatoms. The molecule has 0 saturated heterocycles. The van der Waals surface area contributed by atoms with Crippen LogP contribution in [-0.2, 0) is 4.79 Å². The Bertz CT molecular complexity index is 1140. The first kappa shape index (κ1) is 23.3. The molecule has 0 heterocycles. The molecule has 0 aliphatic carbocycles. The molecule has 0 saturated carbocycles. The molecule has 6 nitrogen and oxygen atoms in total. The Morgan fingerprint density at radius 2 is 1.68 bits per heavy atom. The van der Waals surface area contributed by atoms with E-state index in [0.717, 1.165) is 18.2 Å². The summed E-state index contributed by atoms with van der Waals surface area (Å²) in [5.74, 6) is -1.20. The topological polar surface area (TPSA) is 89.3 Å². The molecular weight excluding hydrogens is 424 g/mol. The maximum Gasteiger partial charge on any atom is 0.247 e. The second-order valence-electron chi connectivity index (χ2n) is 6.03. The van der Waals surface area contributed by atoms with Crippen LogP contribution in [0.5, 0.6) is 0 Å². The lowest BCUT2D eigenvalue weighted by Crippen LogP contribution is -2.13. The Morgan fingerprint density at radius 1 is 1.03 bits per heavy atom. The Morgan fingerprint density at radius 3 is 2.29 bits per heavy atom. The molecule has 0 unspecified atom stereocenters. The quantitative estimate of drug-likeness (QED) is 0.229. The summed E-state index contributed by atoms with van der Waals surface area (Å²) < 4.78 is 27.0. The fourth-order valence-corrected chi connectivity index (χ4v) is 2.48. The van der Waals surface area contributed by atoms with E-state index in [1.807, 2.05) is 6.07 Å². The maximum atomic E-state index is 13.7. The average molecular weight is 442 g/mol. The Kier molecular flexibility index (Phi) is 8.06. The standard InChI is InChI=1S/C22H18ClF2N5O/c1-4-17(23)22(28-13(3)27-18-8-6-15(24)10-14(18)12-26)30-19-9-7-16(25)11-20(19)29-21(31)5-2/h4-11,30H,1-2H2,3H3,(H,27,28)(H,29,31)/b22-17-. The van der Waals surface area contributed by atoms with Crippen molar-refractivity contribution in [3.63, 3.8) is 0 Å². The number of rotatable bonds is 7. The highest BCUT2D eigenvalue weighted by Crippen LogP contribution is 2.26. The zero-order valence-corrected chi connectivity index (χ0v) is 17.2. The molecule has 2 aromatic carbocycles. The van der Waals surface area contributed by atoms with Gasteiger partial charge in [-0.15, -0.1) is 0 Å². The van der Waals surface area contributed by atoms with Crippen molar-refractivity contribution in [2.75, 3.05) is 16.0 Å². The number of carbonyl (C=O) groups excluding carboxylic acids is 1. The molecule has 0 aliphatic rings. The van der Waals surface area contributed by atoms with Crippen LogP contribution in [0.4, 0.5) is 25.8 Å². The van der Waals surface area contributed by atoms with Gasteiger partial charge in [0.25, 0.3) is 0 Å². The summed E-state index contributed by atoms with van der Waals surface area (Å²) in [4.78, 5) is 16.0. The predicted molar refractivity (Wildman–Crippen MR) is 120 cm³/mol. The highest BCUT2D eigenvalue weighted by atomic mass is 35.5. The van der Waals surface area contributed by atoms with Gasteiger partial charge in [-0.1, -0.05) is 24.8 Å². The molecule has 0 radical (unpaired) electrons. The van der Waals surface area contributed by atoms with E-state index in [1.165, 1.54) is 30.3 Å². The predicted octanol–water partition coefficient (Wildman–Crippen LogP) is 5.50. The van der Waals surface area contributed by atoms with Gasteiger partial charge in [0, 0.05) is 0 Å². The second-order valence-corrected chi connectivity index (χ2v) is 6.44. The lowest BCUT2D eigenvalue weighted by molar-refractivity contribution is -0.111. The minimum Gasteiger partial charge on any atom is -0.343 e. The summed E-state index contributed by atoms with van der Waals surface area (Å²) in [6.45, 7) is 8.57. The number of benzene rings is 2. The third kappa shape index (κ3) is 6.52. The number of carbonyl (C=O) groups is 1. The SMILES string of the molecule is C=CC(=O)Nc1cc(F)ccc1N/C(N=C(C)Nc1ccc(F)cc1C#N)=C(\Cl)C=C. The fourth-order valence-electron chi connectivity index (χ4n) is 2.39. The van der Waals surface area contributed by atoms with E-state index in [4.69, 9.17) is 11.6 Å². The number of anilines is 3. The first-order valence-corrected chi connectivity index (χ1v) is 9.19. The van der Waals surface area contributed by atoms with Crippen molar-refractivity contribution < 1.29 is 13.6 Å². The number of hydrogen-bond acceptors (Lipinski definition) is 4. The maximum absolute atomic E-state index is 13.7. The van der Waals surface area contributed by atoms with Gasteiger partial charge in [-0.05, 0) is 55.5 Å². The number of allylic oxidation sites excluding steroid dienone is 2. The van der Waals surface area contributed by atoms with E-state index in [9.17, 15) is 18.8 Å². The van der Waals surface area contributed by atoms with Crippen LogP contribution in [0.25, 0.3) is 0 Å². The first-order valence-electron chi connectivity index (χ1n) is 8.81.